The molecule has 1 heterocycles. The Balaban J connectivity index is 2.04. The van der Waals surface area contributed by atoms with Crippen molar-refractivity contribution in [3.8, 4) is 5.75 Å². The Kier molecular flexibility index (Phi) is 12.6. The Morgan fingerprint density at radius 1 is 1.14 bits per heavy atom. The number of esters is 1. The summed E-state index contributed by atoms with van der Waals surface area (Å²) < 4.78 is 23.3. The smallest absolute Gasteiger partial charge is 0.306 e. The zero-order valence-corrected chi connectivity index (χ0v) is 26.1. The fraction of sp³-hybridized carbons (Fsp3) is 0.531. The Morgan fingerprint density at radius 2 is 1.86 bits per heavy atom. The van der Waals surface area contributed by atoms with Gasteiger partial charge in [-0.15, -0.1) is 0 Å². The summed E-state index contributed by atoms with van der Waals surface area (Å²) in [4.78, 5) is 34.9. The first-order valence-corrected chi connectivity index (χ1v) is 14.9. The number of hydrogen-bond acceptors (Lipinski definition) is 9. The van der Waals surface area contributed by atoms with Gasteiger partial charge in [-0.25, -0.2) is 4.99 Å². The predicted octanol–water partition coefficient (Wildman–Crippen LogP) is 5.70. The fourth-order valence-electron chi connectivity index (χ4n) is 4.63. The van der Waals surface area contributed by atoms with E-state index < -0.39 is 29.1 Å². The molecule has 3 rings (SSSR count). The molecule has 12 nitrogen and oxygen atoms in total. The van der Waals surface area contributed by atoms with Crippen molar-refractivity contribution in [2.24, 2.45) is 10.1 Å². The Labute approximate surface area is 258 Å². The molecule has 2 aromatic carbocycles. The molecule has 2 N–H and O–H groups in total. The number of carbonyl (C=O) groups excluding carboxylic acids is 2. The normalized spacial score (nSPS) is 17.8. The van der Waals surface area contributed by atoms with Crippen LogP contribution < -0.4 is 10.1 Å². The van der Waals surface area contributed by atoms with E-state index in [2.05, 4.69) is 15.3 Å². The molecule has 0 spiro atoms. The lowest BCUT2D eigenvalue weighted by molar-refractivity contribution is -0.155. The number of ether oxygens (including phenoxy) is 4. The highest BCUT2D eigenvalue weighted by atomic mass is 16.6. The van der Waals surface area contributed by atoms with Crippen LogP contribution in [0.5, 0.6) is 5.75 Å². The summed E-state index contributed by atoms with van der Waals surface area (Å²) in [5.74, 6) is -0.130. The maximum atomic E-state index is 14.2. The number of aliphatic hydroxyl groups is 1. The topological polar surface area (TPSA) is 164 Å². The lowest BCUT2D eigenvalue weighted by Crippen LogP contribution is -2.49. The zero-order valence-electron chi connectivity index (χ0n) is 26.1. The van der Waals surface area contributed by atoms with Crippen LogP contribution in [0.15, 0.2) is 58.6 Å². The second-order valence-electron chi connectivity index (χ2n) is 11.7. The molecule has 0 fully saturated rings. The standard InChI is InChI=1S/C32H43N5O7/c1-22(2)41-20-8-18-34-30(40)32(17-16-27(39)44-31(3,4)5)28(25-10-6-7-11-26(25)36-37-33)43-29(35-32)23-12-14-24(15-13-23)42-21-9-19-38/h6-7,10-15,22,28,38H,8-9,16-21H2,1-5H3,(H,34,40)/t28-,32-/m1/s1. The van der Waals surface area contributed by atoms with Gasteiger partial charge in [-0.2, -0.15) is 0 Å². The van der Waals surface area contributed by atoms with E-state index in [0.717, 1.165) is 0 Å². The van der Waals surface area contributed by atoms with Crippen LogP contribution in [0.4, 0.5) is 5.69 Å². The summed E-state index contributed by atoms with van der Waals surface area (Å²) in [5.41, 5.74) is 8.28. The predicted molar refractivity (Wildman–Crippen MR) is 166 cm³/mol. The third-order valence-electron chi connectivity index (χ3n) is 6.59. The second-order valence-corrected chi connectivity index (χ2v) is 11.7. The van der Waals surface area contributed by atoms with Gasteiger partial charge in [0.05, 0.1) is 12.7 Å². The second kappa shape index (κ2) is 16.1. The van der Waals surface area contributed by atoms with Crippen molar-refractivity contribution in [3.05, 3.63) is 70.1 Å². The van der Waals surface area contributed by atoms with Gasteiger partial charge in [-0.05, 0) is 77.3 Å². The van der Waals surface area contributed by atoms with E-state index in [9.17, 15) is 15.1 Å². The molecule has 0 unspecified atom stereocenters. The minimum atomic E-state index is -1.59. The van der Waals surface area contributed by atoms with Gasteiger partial charge in [-0.3, -0.25) is 9.59 Å². The molecular weight excluding hydrogens is 566 g/mol. The first-order chi connectivity index (χ1) is 21.0. The zero-order chi connectivity index (χ0) is 32.2. The van der Waals surface area contributed by atoms with Gasteiger partial charge in [0, 0.05) is 54.3 Å². The molecular formula is C32H43N5O7. The van der Waals surface area contributed by atoms with E-state index in [1.807, 2.05) is 13.8 Å². The number of azide groups is 1. The van der Waals surface area contributed by atoms with Gasteiger partial charge >= 0.3 is 5.97 Å². The SMILES string of the molecule is CC(C)OCCCNC(=O)[C@]1(CCC(=O)OC(C)(C)C)N=C(c2ccc(OCCCO)cc2)O[C@@H]1c1ccccc1N=[N+]=[N-]. The van der Waals surface area contributed by atoms with E-state index in [1.54, 1.807) is 69.3 Å². The molecule has 2 atom stereocenters. The van der Waals surface area contributed by atoms with Crippen molar-refractivity contribution in [1.82, 2.24) is 5.32 Å². The van der Waals surface area contributed by atoms with Crippen molar-refractivity contribution in [1.29, 1.82) is 0 Å². The van der Waals surface area contributed by atoms with Crippen molar-refractivity contribution >= 4 is 23.5 Å². The van der Waals surface area contributed by atoms with Crippen LogP contribution in [0.3, 0.4) is 0 Å². The number of carbonyl (C=O) groups is 2. The van der Waals surface area contributed by atoms with Crippen LogP contribution in [0.2, 0.25) is 0 Å². The third-order valence-corrected chi connectivity index (χ3v) is 6.59. The minimum absolute atomic E-state index is 0.0274. The Morgan fingerprint density at radius 3 is 2.52 bits per heavy atom. The molecule has 1 amide bonds. The van der Waals surface area contributed by atoms with Gasteiger partial charge in [0.15, 0.2) is 11.6 Å². The molecule has 0 radical (unpaired) electrons. The number of nitrogens with one attached hydrogen (secondary N) is 1. The van der Waals surface area contributed by atoms with E-state index in [0.29, 0.717) is 49.5 Å². The van der Waals surface area contributed by atoms with E-state index in [1.165, 1.54) is 0 Å². The molecule has 0 saturated carbocycles. The average Bonchev–Trinajstić information content (AvgIpc) is 3.36. The summed E-state index contributed by atoms with van der Waals surface area (Å²) in [7, 11) is 0. The molecule has 0 saturated heterocycles. The summed E-state index contributed by atoms with van der Waals surface area (Å²) >= 11 is 0. The summed E-state index contributed by atoms with van der Waals surface area (Å²) in [6.45, 7) is 10.4. The highest BCUT2D eigenvalue weighted by molar-refractivity contribution is 6.01. The number of hydrogen-bond donors (Lipinski definition) is 2. The summed E-state index contributed by atoms with van der Waals surface area (Å²) in [6, 6.07) is 13.8. The van der Waals surface area contributed by atoms with E-state index in [-0.39, 0.29) is 37.1 Å². The van der Waals surface area contributed by atoms with Crippen LogP contribution in [0.1, 0.15) is 77.5 Å². The molecule has 44 heavy (non-hydrogen) atoms. The van der Waals surface area contributed by atoms with E-state index in [4.69, 9.17) is 29.0 Å². The van der Waals surface area contributed by atoms with Crippen LogP contribution in [0.25, 0.3) is 10.4 Å². The highest BCUT2D eigenvalue weighted by Gasteiger charge is 2.53. The number of nitrogens with zero attached hydrogens (tertiary/aromatic N) is 4. The van der Waals surface area contributed by atoms with Crippen molar-refractivity contribution < 1.29 is 33.6 Å². The molecule has 12 heteroatoms. The molecule has 0 bridgehead atoms. The number of aliphatic hydroxyl groups excluding tert-OH is 1. The lowest BCUT2D eigenvalue weighted by atomic mass is 9.82. The van der Waals surface area contributed by atoms with Crippen molar-refractivity contribution in [2.75, 3.05) is 26.4 Å². The van der Waals surface area contributed by atoms with Gasteiger partial charge in [0.2, 0.25) is 5.90 Å². The molecule has 0 aliphatic carbocycles. The monoisotopic (exact) mass is 609 g/mol. The van der Waals surface area contributed by atoms with Crippen LogP contribution in [-0.2, 0) is 23.8 Å². The number of rotatable bonds is 16. The average molecular weight is 610 g/mol. The molecule has 1 aliphatic rings. The quantitative estimate of drug-likeness (QED) is 0.0810. The maximum absolute atomic E-state index is 14.2. The molecule has 2 aromatic rings. The number of benzene rings is 2. The van der Waals surface area contributed by atoms with E-state index >= 15 is 0 Å². The largest absolute Gasteiger partial charge is 0.494 e. The Hall–Kier alpha value is -4.12. The van der Waals surface area contributed by atoms with Crippen molar-refractivity contribution in [2.45, 2.75) is 83.6 Å². The van der Waals surface area contributed by atoms with Crippen LogP contribution in [0, 0.1) is 0 Å². The van der Waals surface area contributed by atoms with Crippen molar-refractivity contribution in [3.63, 3.8) is 0 Å². The van der Waals surface area contributed by atoms with Gasteiger partial charge in [-0.1, -0.05) is 29.4 Å². The third kappa shape index (κ3) is 9.70. The number of aliphatic imine (C=N–C) groups is 1. The minimum Gasteiger partial charge on any atom is -0.494 e. The Bertz CT molecular complexity index is 1330. The first-order valence-electron chi connectivity index (χ1n) is 14.9. The fourth-order valence-corrected chi connectivity index (χ4v) is 4.63. The summed E-state index contributed by atoms with van der Waals surface area (Å²) in [6.07, 6.45) is -0.0243. The molecule has 238 valence electrons. The van der Waals surface area contributed by atoms with Gasteiger partial charge in [0.25, 0.3) is 5.91 Å². The lowest BCUT2D eigenvalue weighted by Gasteiger charge is -2.31. The van der Waals surface area contributed by atoms with Gasteiger partial charge < -0.3 is 29.4 Å². The van der Waals surface area contributed by atoms with Crippen LogP contribution >= 0.6 is 0 Å². The molecule has 0 aromatic heterocycles. The number of amides is 1. The first kappa shape index (κ1) is 34.4. The van der Waals surface area contributed by atoms with Crippen LogP contribution in [-0.4, -0.2) is 66.5 Å². The summed E-state index contributed by atoms with van der Waals surface area (Å²) in [5, 5.41) is 15.8. The molecule has 1 aliphatic heterocycles. The van der Waals surface area contributed by atoms with Gasteiger partial charge in [0.1, 0.15) is 11.4 Å². The maximum Gasteiger partial charge on any atom is 0.306 e. The highest BCUT2D eigenvalue weighted by Crippen LogP contribution is 2.46.